The molecule has 0 aliphatic heterocycles. The molecule has 1 heterocycles. The molecule has 1 aliphatic carbocycles. The predicted molar refractivity (Wildman–Crippen MR) is 57.3 cm³/mol. The summed E-state index contributed by atoms with van der Waals surface area (Å²) < 4.78 is 25.8. The second-order valence-corrected chi connectivity index (χ2v) is 4.38. The highest BCUT2D eigenvalue weighted by Gasteiger charge is 2.37. The van der Waals surface area contributed by atoms with E-state index in [1.54, 1.807) is 12.4 Å². The molecule has 1 aromatic heterocycles. The Morgan fingerprint density at radius 2 is 2.24 bits per heavy atom. The predicted octanol–water partition coefficient (Wildman–Crippen LogP) is 1.85. The zero-order valence-corrected chi connectivity index (χ0v) is 9.38. The van der Waals surface area contributed by atoms with E-state index in [1.807, 2.05) is 0 Å². The Bertz CT molecular complexity index is 368. The van der Waals surface area contributed by atoms with Crippen molar-refractivity contribution in [3.8, 4) is 0 Å². The van der Waals surface area contributed by atoms with Crippen molar-refractivity contribution in [3.63, 3.8) is 0 Å². The Balaban J connectivity index is 1.77. The number of rotatable bonds is 3. The van der Waals surface area contributed by atoms with Gasteiger partial charge in [0.15, 0.2) is 0 Å². The fourth-order valence-electron chi connectivity index (χ4n) is 2.01. The molecule has 4 nitrogen and oxygen atoms in total. The second-order valence-electron chi connectivity index (χ2n) is 4.38. The number of hydrogen-bond acceptors (Lipinski definition) is 2. The van der Waals surface area contributed by atoms with E-state index in [0.29, 0.717) is 12.4 Å². The molecule has 0 spiro atoms. The Morgan fingerprint density at radius 1 is 1.53 bits per heavy atom. The number of amides is 1. The highest BCUT2D eigenvalue weighted by atomic mass is 19.3. The Morgan fingerprint density at radius 3 is 2.82 bits per heavy atom. The van der Waals surface area contributed by atoms with Crippen LogP contribution in [0, 0.1) is 5.92 Å². The third-order valence-corrected chi connectivity index (χ3v) is 3.07. The lowest BCUT2D eigenvalue weighted by atomic mass is 9.86. The van der Waals surface area contributed by atoms with Gasteiger partial charge in [0.25, 0.3) is 0 Å². The number of nitrogens with zero attached hydrogens (tertiary/aromatic N) is 1. The van der Waals surface area contributed by atoms with Crippen LogP contribution in [0.15, 0.2) is 12.4 Å². The first-order valence-electron chi connectivity index (χ1n) is 5.71. The minimum atomic E-state index is -2.59. The molecule has 0 unspecified atom stereocenters. The molecule has 2 N–H and O–H groups in total. The van der Waals surface area contributed by atoms with Crippen LogP contribution in [0.4, 0.5) is 8.78 Å². The van der Waals surface area contributed by atoms with Gasteiger partial charge in [0.1, 0.15) is 5.82 Å². The van der Waals surface area contributed by atoms with Crippen molar-refractivity contribution in [3.05, 3.63) is 18.2 Å². The number of aromatic amines is 1. The summed E-state index contributed by atoms with van der Waals surface area (Å²) in [7, 11) is 0. The molecule has 2 rings (SSSR count). The molecule has 1 amide bonds. The highest BCUT2D eigenvalue weighted by molar-refractivity contribution is 5.78. The average molecular weight is 243 g/mol. The third-order valence-electron chi connectivity index (χ3n) is 3.07. The van der Waals surface area contributed by atoms with E-state index in [1.165, 1.54) is 0 Å². The topological polar surface area (TPSA) is 57.8 Å². The standard InChI is InChI=1S/C11H15F2N3O/c12-11(13)3-1-8(2-4-11)10(17)16-7-9-14-5-6-15-9/h5-6,8H,1-4,7H2,(H,14,15)(H,16,17). The summed E-state index contributed by atoms with van der Waals surface area (Å²) in [6, 6.07) is 0. The third kappa shape index (κ3) is 3.25. The van der Waals surface area contributed by atoms with Gasteiger partial charge in [-0.1, -0.05) is 0 Å². The first kappa shape index (κ1) is 12.0. The molecule has 94 valence electrons. The molecule has 0 bridgehead atoms. The Kier molecular flexibility index (Phi) is 3.40. The van der Waals surface area contributed by atoms with Crippen LogP contribution in [0.3, 0.4) is 0 Å². The number of hydrogen-bond donors (Lipinski definition) is 2. The lowest BCUT2D eigenvalue weighted by molar-refractivity contribution is -0.129. The molecular weight excluding hydrogens is 228 g/mol. The van der Waals surface area contributed by atoms with Gasteiger partial charge in [-0.15, -0.1) is 0 Å². The van der Waals surface area contributed by atoms with E-state index in [4.69, 9.17) is 0 Å². The van der Waals surface area contributed by atoms with Crippen LogP contribution in [0.1, 0.15) is 31.5 Å². The van der Waals surface area contributed by atoms with Gasteiger partial charge in [-0.3, -0.25) is 4.79 Å². The van der Waals surface area contributed by atoms with Crippen LogP contribution in [-0.2, 0) is 11.3 Å². The smallest absolute Gasteiger partial charge is 0.248 e. The van der Waals surface area contributed by atoms with Gasteiger partial charge in [0.2, 0.25) is 11.8 Å². The van der Waals surface area contributed by atoms with Gasteiger partial charge in [-0.25, -0.2) is 13.8 Å². The zero-order chi connectivity index (χ0) is 12.3. The number of carbonyl (C=O) groups is 1. The van der Waals surface area contributed by atoms with Crippen molar-refractivity contribution in [2.24, 2.45) is 5.92 Å². The lowest BCUT2D eigenvalue weighted by Gasteiger charge is -2.27. The van der Waals surface area contributed by atoms with Crippen molar-refractivity contribution < 1.29 is 13.6 Å². The van der Waals surface area contributed by atoms with Crippen molar-refractivity contribution in [1.82, 2.24) is 15.3 Å². The lowest BCUT2D eigenvalue weighted by Crippen LogP contribution is -2.35. The van der Waals surface area contributed by atoms with Crippen molar-refractivity contribution in [1.29, 1.82) is 0 Å². The summed E-state index contributed by atoms with van der Waals surface area (Å²) in [5.41, 5.74) is 0. The van der Waals surface area contributed by atoms with Crippen LogP contribution in [0.25, 0.3) is 0 Å². The first-order chi connectivity index (χ1) is 8.07. The van der Waals surface area contributed by atoms with Crippen LogP contribution >= 0.6 is 0 Å². The molecule has 6 heteroatoms. The summed E-state index contributed by atoms with van der Waals surface area (Å²) in [6.45, 7) is 0.318. The molecule has 0 atom stereocenters. The molecule has 17 heavy (non-hydrogen) atoms. The van der Waals surface area contributed by atoms with E-state index >= 15 is 0 Å². The minimum Gasteiger partial charge on any atom is -0.349 e. The fourth-order valence-corrected chi connectivity index (χ4v) is 2.01. The number of halogens is 2. The van der Waals surface area contributed by atoms with Crippen molar-refractivity contribution in [2.45, 2.75) is 38.2 Å². The monoisotopic (exact) mass is 243 g/mol. The molecule has 1 aromatic rings. The molecule has 0 radical (unpaired) electrons. The van der Waals surface area contributed by atoms with E-state index < -0.39 is 5.92 Å². The summed E-state index contributed by atoms with van der Waals surface area (Å²) in [5.74, 6) is -2.36. The molecule has 0 aromatic carbocycles. The quantitative estimate of drug-likeness (QED) is 0.851. The van der Waals surface area contributed by atoms with Gasteiger partial charge in [-0.05, 0) is 12.8 Å². The summed E-state index contributed by atoms with van der Waals surface area (Å²) in [5, 5.41) is 2.70. The number of nitrogens with one attached hydrogen (secondary N) is 2. The Hall–Kier alpha value is -1.46. The summed E-state index contributed by atoms with van der Waals surface area (Å²) in [4.78, 5) is 18.5. The number of alkyl halides is 2. The fraction of sp³-hybridized carbons (Fsp3) is 0.636. The SMILES string of the molecule is O=C(NCc1ncc[nH]1)C1CCC(F)(F)CC1. The number of H-pyrrole nitrogens is 1. The molecule has 1 saturated carbocycles. The molecule has 1 fully saturated rings. The summed E-state index contributed by atoms with van der Waals surface area (Å²) >= 11 is 0. The van der Waals surface area contributed by atoms with E-state index in [-0.39, 0.29) is 37.5 Å². The largest absolute Gasteiger partial charge is 0.349 e. The normalized spacial score (nSPS) is 20.1. The molecule has 1 aliphatic rings. The van der Waals surface area contributed by atoms with Crippen LogP contribution in [-0.4, -0.2) is 21.8 Å². The van der Waals surface area contributed by atoms with Crippen LogP contribution in [0.5, 0.6) is 0 Å². The van der Waals surface area contributed by atoms with E-state index in [2.05, 4.69) is 15.3 Å². The van der Waals surface area contributed by atoms with E-state index in [9.17, 15) is 13.6 Å². The van der Waals surface area contributed by atoms with Gasteiger partial charge in [0, 0.05) is 31.2 Å². The van der Waals surface area contributed by atoms with Crippen molar-refractivity contribution >= 4 is 5.91 Å². The highest BCUT2D eigenvalue weighted by Crippen LogP contribution is 2.36. The Labute approximate surface area is 97.8 Å². The van der Waals surface area contributed by atoms with Crippen LogP contribution < -0.4 is 5.32 Å². The van der Waals surface area contributed by atoms with Gasteiger partial charge >= 0.3 is 0 Å². The molecule has 0 saturated heterocycles. The number of aromatic nitrogens is 2. The average Bonchev–Trinajstić information content (AvgIpc) is 2.78. The van der Waals surface area contributed by atoms with Crippen LogP contribution in [0.2, 0.25) is 0 Å². The van der Waals surface area contributed by atoms with Gasteiger partial charge < -0.3 is 10.3 Å². The number of carbonyl (C=O) groups excluding carboxylic acids is 1. The summed E-state index contributed by atoms with van der Waals surface area (Å²) in [6.07, 6.45) is 3.41. The first-order valence-corrected chi connectivity index (χ1v) is 5.71. The minimum absolute atomic E-state index is 0.156. The maximum atomic E-state index is 12.9. The maximum absolute atomic E-state index is 12.9. The molecular formula is C11H15F2N3O. The van der Waals surface area contributed by atoms with Crippen molar-refractivity contribution in [2.75, 3.05) is 0 Å². The van der Waals surface area contributed by atoms with E-state index in [0.717, 1.165) is 0 Å². The van der Waals surface area contributed by atoms with Gasteiger partial charge in [-0.2, -0.15) is 0 Å². The second kappa shape index (κ2) is 4.81. The number of imidazole rings is 1. The maximum Gasteiger partial charge on any atom is 0.248 e. The van der Waals surface area contributed by atoms with Gasteiger partial charge in [0.05, 0.1) is 6.54 Å². The zero-order valence-electron chi connectivity index (χ0n) is 9.38.